The smallest absolute Gasteiger partial charge is 0.206 e. The number of hydrogen-bond acceptors (Lipinski definition) is 4. The van der Waals surface area contributed by atoms with Crippen molar-refractivity contribution in [2.24, 2.45) is 11.1 Å². The van der Waals surface area contributed by atoms with Crippen LogP contribution in [0.25, 0.3) is 11.0 Å². The van der Waals surface area contributed by atoms with E-state index in [0.29, 0.717) is 12.1 Å². The van der Waals surface area contributed by atoms with E-state index in [1.807, 2.05) is 30.3 Å². The van der Waals surface area contributed by atoms with Gasteiger partial charge in [0.2, 0.25) is 5.95 Å². The van der Waals surface area contributed by atoms with Crippen molar-refractivity contribution in [3.05, 3.63) is 59.7 Å². The van der Waals surface area contributed by atoms with Gasteiger partial charge in [-0.15, -0.1) is 0 Å². The number of rotatable bonds is 4. The van der Waals surface area contributed by atoms with Crippen LogP contribution < -0.4 is 10.6 Å². The highest BCUT2D eigenvalue weighted by molar-refractivity contribution is 5.79. The standard InChI is InChI=1S/C21H23N5/c1-21(14-23)10-11-25(15-21)20-24-18-4-2-3-5-19(18)26(20)13-17-8-6-16(12-22)7-9-17/h2-9H,10-11,13-15,23H2,1H3. The zero-order valence-electron chi connectivity index (χ0n) is 15.0. The Hall–Kier alpha value is -2.84. The molecule has 0 radical (unpaired) electrons. The molecule has 1 fully saturated rings. The molecule has 1 aliphatic rings. The van der Waals surface area contributed by atoms with Crippen LogP contribution in [-0.4, -0.2) is 29.2 Å². The molecule has 5 nitrogen and oxygen atoms in total. The molecule has 1 saturated heterocycles. The molecular weight excluding hydrogens is 322 g/mol. The summed E-state index contributed by atoms with van der Waals surface area (Å²) in [7, 11) is 0. The lowest BCUT2D eigenvalue weighted by Crippen LogP contribution is -2.32. The second-order valence-corrected chi connectivity index (χ2v) is 7.48. The predicted octanol–water partition coefficient (Wildman–Crippen LogP) is 3.13. The lowest BCUT2D eigenvalue weighted by atomic mass is 9.90. The van der Waals surface area contributed by atoms with Gasteiger partial charge < -0.3 is 15.2 Å². The van der Waals surface area contributed by atoms with Gasteiger partial charge in [0.05, 0.1) is 29.2 Å². The maximum Gasteiger partial charge on any atom is 0.206 e. The number of nitrogens with zero attached hydrogens (tertiary/aromatic N) is 4. The summed E-state index contributed by atoms with van der Waals surface area (Å²) in [4.78, 5) is 7.28. The molecule has 1 aliphatic heterocycles. The molecule has 3 aromatic rings. The van der Waals surface area contributed by atoms with Crippen molar-refractivity contribution in [3.63, 3.8) is 0 Å². The molecule has 2 N–H and O–H groups in total. The van der Waals surface area contributed by atoms with Crippen molar-refractivity contribution >= 4 is 17.0 Å². The first-order valence-electron chi connectivity index (χ1n) is 9.01. The molecular formula is C21H23N5. The van der Waals surface area contributed by atoms with Crippen LogP contribution in [0, 0.1) is 16.7 Å². The van der Waals surface area contributed by atoms with E-state index in [1.165, 1.54) is 0 Å². The molecule has 1 unspecified atom stereocenters. The van der Waals surface area contributed by atoms with Gasteiger partial charge in [-0.25, -0.2) is 4.98 Å². The average molecular weight is 345 g/mol. The summed E-state index contributed by atoms with van der Waals surface area (Å²) in [6.07, 6.45) is 1.09. The lowest BCUT2D eigenvalue weighted by molar-refractivity contribution is 0.383. The van der Waals surface area contributed by atoms with Crippen LogP contribution in [0.3, 0.4) is 0 Å². The Bertz CT molecular complexity index is 966. The number of para-hydroxylation sites is 2. The molecule has 2 aromatic carbocycles. The van der Waals surface area contributed by atoms with Crippen molar-refractivity contribution in [3.8, 4) is 6.07 Å². The van der Waals surface area contributed by atoms with Gasteiger partial charge in [-0.05, 0) is 48.2 Å². The minimum Gasteiger partial charge on any atom is -0.342 e. The molecule has 5 heteroatoms. The number of anilines is 1. The Balaban J connectivity index is 1.73. The molecule has 26 heavy (non-hydrogen) atoms. The third-order valence-corrected chi connectivity index (χ3v) is 5.39. The summed E-state index contributed by atoms with van der Waals surface area (Å²) < 4.78 is 2.28. The zero-order chi connectivity index (χ0) is 18.1. The Morgan fingerprint density at radius 3 is 2.65 bits per heavy atom. The third kappa shape index (κ3) is 2.93. The van der Waals surface area contributed by atoms with Gasteiger partial charge in [0.15, 0.2) is 0 Å². The van der Waals surface area contributed by atoms with Crippen molar-refractivity contribution in [1.82, 2.24) is 9.55 Å². The Kier molecular flexibility index (Phi) is 4.14. The fraction of sp³-hybridized carbons (Fsp3) is 0.333. The Morgan fingerprint density at radius 2 is 1.96 bits per heavy atom. The van der Waals surface area contributed by atoms with E-state index in [4.69, 9.17) is 16.0 Å². The van der Waals surface area contributed by atoms with Gasteiger partial charge >= 0.3 is 0 Å². The van der Waals surface area contributed by atoms with Crippen LogP contribution in [-0.2, 0) is 6.54 Å². The first-order valence-corrected chi connectivity index (χ1v) is 9.01. The number of aromatic nitrogens is 2. The molecule has 132 valence electrons. The lowest BCUT2D eigenvalue weighted by Gasteiger charge is -2.24. The Morgan fingerprint density at radius 1 is 1.19 bits per heavy atom. The second kappa shape index (κ2) is 6.47. The molecule has 0 amide bonds. The average Bonchev–Trinajstić information content (AvgIpc) is 3.24. The van der Waals surface area contributed by atoms with Gasteiger partial charge in [0.1, 0.15) is 0 Å². The van der Waals surface area contributed by atoms with Gasteiger partial charge in [-0.3, -0.25) is 0 Å². The number of nitrogens with two attached hydrogens (primary N) is 1. The number of hydrogen-bond donors (Lipinski definition) is 1. The summed E-state index contributed by atoms with van der Waals surface area (Å²) in [5, 5.41) is 9.00. The zero-order valence-corrected chi connectivity index (χ0v) is 15.0. The normalized spacial score (nSPS) is 19.8. The maximum absolute atomic E-state index is 9.00. The first-order chi connectivity index (χ1) is 12.6. The highest BCUT2D eigenvalue weighted by Crippen LogP contribution is 2.33. The fourth-order valence-electron chi connectivity index (χ4n) is 3.69. The van der Waals surface area contributed by atoms with E-state index >= 15 is 0 Å². The molecule has 0 spiro atoms. The largest absolute Gasteiger partial charge is 0.342 e. The van der Waals surface area contributed by atoms with E-state index in [9.17, 15) is 0 Å². The van der Waals surface area contributed by atoms with Crippen LogP contribution in [0.2, 0.25) is 0 Å². The fourth-order valence-corrected chi connectivity index (χ4v) is 3.69. The quantitative estimate of drug-likeness (QED) is 0.788. The summed E-state index contributed by atoms with van der Waals surface area (Å²) in [5.74, 6) is 1.01. The topological polar surface area (TPSA) is 70.9 Å². The molecule has 0 saturated carbocycles. The second-order valence-electron chi connectivity index (χ2n) is 7.48. The maximum atomic E-state index is 9.00. The monoisotopic (exact) mass is 345 g/mol. The van der Waals surface area contributed by atoms with Crippen molar-refractivity contribution in [2.45, 2.75) is 19.9 Å². The van der Waals surface area contributed by atoms with Crippen LogP contribution in [0.5, 0.6) is 0 Å². The molecule has 1 aromatic heterocycles. The summed E-state index contributed by atoms with van der Waals surface area (Å²) in [6.45, 7) is 5.59. The van der Waals surface area contributed by atoms with E-state index < -0.39 is 0 Å². The summed E-state index contributed by atoms with van der Waals surface area (Å²) in [5.41, 5.74) is 10.1. The summed E-state index contributed by atoms with van der Waals surface area (Å²) in [6, 6.07) is 18.2. The van der Waals surface area contributed by atoms with E-state index in [-0.39, 0.29) is 5.41 Å². The number of imidazole rings is 1. The van der Waals surface area contributed by atoms with Crippen LogP contribution in [0.1, 0.15) is 24.5 Å². The molecule has 0 aliphatic carbocycles. The number of fused-ring (bicyclic) bond motifs is 1. The van der Waals surface area contributed by atoms with Gasteiger partial charge in [-0.1, -0.05) is 31.2 Å². The predicted molar refractivity (Wildman–Crippen MR) is 104 cm³/mol. The Labute approximate surface area is 153 Å². The minimum absolute atomic E-state index is 0.150. The van der Waals surface area contributed by atoms with Crippen molar-refractivity contribution in [1.29, 1.82) is 5.26 Å². The van der Waals surface area contributed by atoms with Crippen molar-refractivity contribution in [2.75, 3.05) is 24.5 Å². The molecule has 1 atom stereocenters. The third-order valence-electron chi connectivity index (χ3n) is 5.39. The molecule has 2 heterocycles. The van der Waals surface area contributed by atoms with Crippen LogP contribution in [0.15, 0.2) is 48.5 Å². The van der Waals surface area contributed by atoms with Gasteiger partial charge in [-0.2, -0.15) is 5.26 Å². The van der Waals surface area contributed by atoms with Crippen LogP contribution in [0.4, 0.5) is 5.95 Å². The first kappa shape index (κ1) is 16.6. The minimum atomic E-state index is 0.150. The van der Waals surface area contributed by atoms with E-state index in [0.717, 1.165) is 48.6 Å². The number of nitriles is 1. The van der Waals surface area contributed by atoms with Gasteiger partial charge in [0.25, 0.3) is 0 Å². The highest BCUT2D eigenvalue weighted by Gasteiger charge is 2.34. The number of benzene rings is 2. The molecule has 4 rings (SSSR count). The van der Waals surface area contributed by atoms with E-state index in [2.05, 4.69) is 40.7 Å². The van der Waals surface area contributed by atoms with Gasteiger partial charge in [0, 0.05) is 13.1 Å². The van der Waals surface area contributed by atoms with Crippen molar-refractivity contribution < 1.29 is 0 Å². The van der Waals surface area contributed by atoms with Crippen LogP contribution >= 0.6 is 0 Å². The van der Waals surface area contributed by atoms with E-state index in [1.54, 1.807) is 0 Å². The summed E-state index contributed by atoms with van der Waals surface area (Å²) >= 11 is 0. The SMILES string of the molecule is CC1(CN)CCN(c2nc3ccccc3n2Cc2ccc(C#N)cc2)C1. The molecule has 0 bridgehead atoms. The highest BCUT2D eigenvalue weighted by atomic mass is 15.3.